The SMILES string of the molecule is NCc1ccccc1Cl.O=S(=O)(O)C(F)(F)F. The van der Waals surface area contributed by atoms with Crippen molar-refractivity contribution in [1.29, 1.82) is 0 Å². The van der Waals surface area contributed by atoms with Crippen molar-refractivity contribution in [1.82, 2.24) is 0 Å². The van der Waals surface area contributed by atoms with Crippen LogP contribution in [0.4, 0.5) is 13.2 Å². The minimum Gasteiger partial charge on any atom is -0.326 e. The predicted molar refractivity (Wildman–Crippen MR) is 56.9 cm³/mol. The molecule has 0 spiro atoms. The number of halogens is 4. The van der Waals surface area contributed by atoms with Crippen LogP contribution < -0.4 is 5.73 Å². The third-order valence-corrected chi connectivity index (χ3v) is 2.42. The summed E-state index contributed by atoms with van der Waals surface area (Å²) in [6, 6.07) is 7.57. The molecular weight excluding hydrogens is 283 g/mol. The van der Waals surface area contributed by atoms with Crippen molar-refractivity contribution < 1.29 is 26.1 Å². The zero-order valence-corrected chi connectivity index (χ0v) is 9.85. The summed E-state index contributed by atoms with van der Waals surface area (Å²) in [5, 5.41) is 0.750. The molecule has 98 valence electrons. The Labute approximate surface area is 101 Å². The predicted octanol–water partition coefficient (Wildman–Crippen LogP) is 2.19. The second-order valence-corrected chi connectivity index (χ2v) is 4.54. The third kappa shape index (κ3) is 5.87. The van der Waals surface area contributed by atoms with Crippen LogP contribution in [0, 0.1) is 0 Å². The van der Waals surface area contributed by atoms with Gasteiger partial charge in [0.15, 0.2) is 0 Å². The summed E-state index contributed by atoms with van der Waals surface area (Å²) in [4.78, 5) is 0. The Kier molecular flexibility index (Phi) is 5.89. The lowest BCUT2D eigenvalue weighted by atomic mass is 10.2. The number of alkyl halides is 3. The van der Waals surface area contributed by atoms with Crippen molar-refractivity contribution in [2.75, 3.05) is 0 Å². The molecule has 1 rings (SSSR count). The van der Waals surface area contributed by atoms with Crippen molar-refractivity contribution in [2.24, 2.45) is 5.73 Å². The van der Waals surface area contributed by atoms with E-state index in [0.717, 1.165) is 10.6 Å². The van der Waals surface area contributed by atoms with Crippen molar-refractivity contribution in [3.63, 3.8) is 0 Å². The van der Waals surface area contributed by atoms with E-state index in [-0.39, 0.29) is 0 Å². The molecule has 17 heavy (non-hydrogen) atoms. The van der Waals surface area contributed by atoms with Crippen molar-refractivity contribution in [2.45, 2.75) is 12.1 Å². The van der Waals surface area contributed by atoms with E-state index in [2.05, 4.69) is 0 Å². The van der Waals surface area contributed by atoms with Crippen LogP contribution in [0.15, 0.2) is 24.3 Å². The van der Waals surface area contributed by atoms with Crippen molar-refractivity contribution in [3.05, 3.63) is 34.9 Å². The van der Waals surface area contributed by atoms with Crippen LogP contribution in [0.25, 0.3) is 0 Å². The molecule has 0 fully saturated rings. The normalized spacial score (nSPS) is 11.6. The summed E-state index contributed by atoms with van der Waals surface area (Å²) in [6.07, 6.45) is 0. The van der Waals surface area contributed by atoms with Gasteiger partial charge in [0.2, 0.25) is 0 Å². The molecule has 0 saturated carbocycles. The van der Waals surface area contributed by atoms with Crippen LogP contribution in [0.5, 0.6) is 0 Å². The molecule has 0 aliphatic heterocycles. The molecule has 0 radical (unpaired) electrons. The summed E-state index contributed by atoms with van der Waals surface area (Å²) in [5.41, 5.74) is 0.831. The molecule has 0 unspecified atom stereocenters. The second kappa shape index (κ2) is 6.20. The summed E-state index contributed by atoms with van der Waals surface area (Å²) >= 11 is 5.74. The van der Waals surface area contributed by atoms with Crippen molar-refractivity contribution in [3.8, 4) is 0 Å². The first-order valence-corrected chi connectivity index (χ1v) is 5.88. The van der Waals surface area contributed by atoms with Gasteiger partial charge in [-0.25, -0.2) is 0 Å². The quantitative estimate of drug-likeness (QED) is 0.614. The van der Waals surface area contributed by atoms with Gasteiger partial charge in [-0.15, -0.1) is 0 Å². The number of hydrogen-bond donors (Lipinski definition) is 2. The Bertz CT molecular complexity index is 461. The monoisotopic (exact) mass is 291 g/mol. The number of hydrogen-bond acceptors (Lipinski definition) is 3. The van der Waals surface area contributed by atoms with E-state index in [0.29, 0.717) is 6.54 Å². The maximum atomic E-state index is 10.7. The molecule has 0 atom stereocenters. The van der Waals surface area contributed by atoms with Gasteiger partial charge in [-0.2, -0.15) is 21.6 Å². The van der Waals surface area contributed by atoms with Gasteiger partial charge < -0.3 is 5.73 Å². The molecule has 3 N–H and O–H groups in total. The van der Waals surface area contributed by atoms with E-state index < -0.39 is 15.6 Å². The van der Waals surface area contributed by atoms with Gasteiger partial charge in [0.1, 0.15) is 0 Å². The van der Waals surface area contributed by atoms with Gasteiger partial charge in [-0.05, 0) is 11.6 Å². The highest BCUT2D eigenvalue weighted by Gasteiger charge is 2.44. The van der Waals surface area contributed by atoms with Gasteiger partial charge >= 0.3 is 15.6 Å². The van der Waals surface area contributed by atoms with E-state index in [9.17, 15) is 13.2 Å². The Morgan fingerprint density at radius 3 is 1.94 bits per heavy atom. The topological polar surface area (TPSA) is 80.4 Å². The third-order valence-electron chi connectivity index (χ3n) is 1.47. The molecule has 4 nitrogen and oxygen atoms in total. The van der Waals surface area contributed by atoms with E-state index in [1.165, 1.54) is 0 Å². The van der Waals surface area contributed by atoms with Gasteiger partial charge in [-0.3, -0.25) is 4.55 Å². The van der Waals surface area contributed by atoms with E-state index in [1.807, 2.05) is 24.3 Å². The average molecular weight is 292 g/mol. The molecule has 0 saturated heterocycles. The molecule has 0 aliphatic rings. The van der Waals surface area contributed by atoms with Crippen LogP contribution in [-0.4, -0.2) is 18.5 Å². The van der Waals surface area contributed by atoms with Crippen LogP contribution >= 0.6 is 11.6 Å². The van der Waals surface area contributed by atoms with Gasteiger partial charge in [0.05, 0.1) is 0 Å². The minimum atomic E-state index is -5.84. The van der Waals surface area contributed by atoms with Crippen LogP contribution in [-0.2, 0) is 16.7 Å². The fourth-order valence-electron chi connectivity index (χ4n) is 0.664. The first-order valence-electron chi connectivity index (χ1n) is 4.07. The van der Waals surface area contributed by atoms with Crippen LogP contribution in [0.1, 0.15) is 5.56 Å². The fourth-order valence-corrected chi connectivity index (χ4v) is 0.877. The lowest BCUT2D eigenvalue weighted by Gasteiger charge is -1.97. The fraction of sp³-hybridized carbons (Fsp3) is 0.250. The van der Waals surface area contributed by atoms with Crippen LogP contribution in [0.2, 0.25) is 5.02 Å². The standard InChI is InChI=1S/C7H8ClN.CHF3O3S/c8-7-4-2-1-3-6(7)5-9;2-1(3,4)8(5,6)7/h1-4H,5,9H2;(H,5,6,7). The maximum absolute atomic E-state index is 10.7. The minimum absolute atomic E-state index is 0.514. The Hall–Kier alpha value is -0.830. The number of rotatable bonds is 1. The van der Waals surface area contributed by atoms with Gasteiger partial charge in [0.25, 0.3) is 0 Å². The molecule has 1 aromatic carbocycles. The smallest absolute Gasteiger partial charge is 0.326 e. The van der Waals surface area contributed by atoms with E-state index in [1.54, 1.807) is 0 Å². The average Bonchev–Trinajstić information content (AvgIpc) is 2.16. The summed E-state index contributed by atoms with van der Waals surface area (Å²) in [5.74, 6) is 0. The summed E-state index contributed by atoms with van der Waals surface area (Å²) in [7, 11) is -5.84. The zero-order valence-electron chi connectivity index (χ0n) is 8.28. The Morgan fingerprint density at radius 1 is 1.29 bits per heavy atom. The maximum Gasteiger partial charge on any atom is 0.522 e. The highest BCUT2D eigenvalue weighted by Crippen LogP contribution is 2.20. The highest BCUT2D eigenvalue weighted by atomic mass is 35.5. The van der Waals surface area contributed by atoms with Gasteiger partial charge in [-0.1, -0.05) is 29.8 Å². The molecular formula is C8H9ClF3NO3S. The molecule has 0 aromatic heterocycles. The first-order chi connectivity index (χ1) is 7.59. The summed E-state index contributed by atoms with van der Waals surface area (Å²) < 4.78 is 57.5. The highest BCUT2D eigenvalue weighted by molar-refractivity contribution is 7.86. The van der Waals surface area contributed by atoms with E-state index >= 15 is 0 Å². The number of nitrogens with two attached hydrogens (primary N) is 1. The summed E-state index contributed by atoms with van der Waals surface area (Å²) in [6.45, 7) is 0.514. The lowest BCUT2D eigenvalue weighted by molar-refractivity contribution is -0.0510. The van der Waals surface area contributed by atoms with E-state index in [4.69, 9.17) is 30.3 Å². The zero-order chi connectivity index (χ0) is 13.7. The Morgan fingerprint density at radius 2 is 1.71 bits per heavy atom. The molecule has 0 heterocycles. The second-order valence-electron chi connectivity index (χ2n) is 2.72. The molecule has 9 heteroatoms. The van der Waals surface area contributed by atoms with Crippen LogP contribution in [0.3, 0.4) is 0 Å². The molecule has 1 aromatic rings. The Balaban J connectivity index is 0.000000304. The largest absolute Gasteiger partial charge is 0.522 e. The number of benzene rings is 1. The first kappa shape index (κ1) is 16.2. The van der Waals surface area contributed by atoms with Crippen molar-refractivity contribution >= 4 is 21.7 Å². The lowest BCUT2D eigenvalue weighted by Crippen LogP contribution is -2.21. The molecule has 0 amide bonds. The molecule has 0 aliphatic carbocycles. The van der Waals surface area contributed by atoms with Gasteiger partial charge in [0, 0.05) is 11.6 Å². The molecule has 0 bridgehead atoms.